The zero-order valence-corrected chi connectivity index (χ0v) is 11.4. The van der Waals surface area contributed by atoms with Gasteiger partial charge in [0.2, 0.25) is 0 Å². The van der Waals surface area contributed by atoms with Crippen LogP contribution in [0.15, 0.2) is 42.5 Å². The first-order chi connectivity index (χ1) is 9.17. The number of methoxy groups -OCH3 is 1. The number of nitrogens with one attached hydrogen (secondary N) is 1. The molecule has 0 aromatic heterocycles. The highest BCUT2D eigenvalue weighted by molar-refractivity contribution is 5.69. The van der Waals surface area contributed by atoms with E-state index in [9.17, 15) is 4.39 Å². The van der Waals surface area contributed by atoms with Gasteiger partial charge in [0.15, 0.2) is 0 Å². The van der Waals surface area contributed by atoms with Crippen LogP contribution >= 0.6 is 0 Å². The third kappa shape index (κ3) is 2.76. The molecule has 2 rings (SSSR count). The Morgan fingerprint density at radius 3 is 2.47 bits per heavy atom. The van der Waals surface area contributed by atoms with E-state index in [2.05, 4.69) is 12.2 Å². The SMILES string of the molecule is CNC(C)c1ccccc1-c1ccc(OC)cc1F. The summed E-state index contributed by atoms with van der Waals surface area (Å²) in [7, 11) is 3.43. The van der Waals surface area contributed by atoms with Gasteiger partial charge in [-0.1, -0.05) is 24.3 Å². The molecule has 0 bridgehead atoms. The average molecular weight is 259 g/mol. The Bertz CT molecular complexity index is 568. The molecule has 0 spiro atoms. The molecule has 0 aliphatic rings. The normalized spacial score (nSPS) is 12.2. The maximum Gasteiger partial charge on any atom is 0.134 e. The Labute approximate surface area is 113 Å². The molecule has 2 aromatic rings. The monoisotopic (exact) mass is 259 g/mol. The lowest BCUT2D eigenvalue weighted by Crippen LogP contribution is -2.13. The molecule has 0 aliphatic heterocycles. The van der Waals surface area contributed by atoms with Crippen molar-refractivity contribution in [1.29, 1.82) is 0 Å². The zero-order valence-electron chi connectivity index (χ0n) is 11.4. The first-order valence-corrected chi connectivity index (χ1v) is 6.27. The van der Waals surface area contributed by atoms with Gasteiger partial charge in [-0.25, -0.2) is 4.39 Å². The Kier molecular flexibility index (Phi) is 4.17. The van der Waals surface area contributed by atoms with Crippen molar-refractivity contribution >= 4 is 0 Å². The summed E-state index contributed by atoms with van der Waals surface area (Å²) in [6.45, 7) is 2.06. The van der Waals surface area contributed by atoms with Gasteiger partial charge in [0.25, 0.3) is 0 Å². The first-order valence-electron chi connectivity index (χ1n) is 6.27. The minimum Gasteiger partial charge on any atom is -0.497 e. The van der Waals surface area contributed by atoms with Crippen molar-refractivity contribution in [3.05, 3.63) is 53.8 Å². The number of benzene rings is 2. The summed E-state index contributed by atoms with van der Waals surface area (Å²) in [5.74, 6) is 0.260. The molecular weight excluding hydrogens is 241 g/mol. The van der Waals surface area contributed by atoms with Gasteiger partial charge >= 0.3 is 0 Å². The minimum atomic E-state index is -0.268. The van der Waals surface area contributed by atoms with Gasteiger partial charge in [0.05, 0.1) is 7.11 Å². The van der Waals surface area contributed by atoms with E-state index in [0.717, 1.165) is 11.1 Å². The molecule has 1 N–H and O–H groups in total. The van der Waals surface area contributed by atoms with Gasteiger partial charge < -0.3 is 10.1 Å². The van der Waals surface area contributed by atoms with Crippen LogP contribution in [-0.2, 0) is 0 Å². The molecule has 0 amide bonds. The standard InChI is InChI=1S/C16H18FNO/c1-11(18-2)13-6-4-5-7-14(13)15-9-8-12(19-3)10-16(15)17/h4-11,18H,1-3H3. The van der Waals surface area contributed by atoms with E-state index < -0.39 is 0 Å². The van der Waals surface area contributed by atoms with E-state index >= 15 is 0 Å². The molecule has 0 saturated heterocycles. The fraction of sp³-hybridized carbons (Fsp3) is 0.250. The molecule has 1 atom stereocenters. The predicted octanol–water partition coefficient (Wildman–Crippen LogP) is 3.78. The first kappa shape index (κ1) is 13.6. The minimum absolute atomic E-state index is 0.165. The summed E-state index contributed by atoms with van der Waals surface area (Å²) in [6.07, 6.45) is 0. The third-order valence-electron chi connectivity index (χ3n) is 3.33. The van der Waals surface area contributed by atoms with Crippen LogP contribution < -0.4 is 10.1 Å². The van der Waals surface area contributed by atoms with Crippen molar-refractivity contribution < 1.29 is 9.13 Å². The number of hydrogen-bond donors (Lipinski definition) is 1. The molecular formula is C16H18FNO. The smallest absolute Gasteiger partial charge is 0.134 e. The largest absolute Gasteiger partial charge is 0.497 e. The zero-order chi connectivity index (χ0) is 13.8. The summed E-state index contributed by atoms with van der Waals surface area (Å²) in [5.41, 5.74) is 2.58. The topological polar surface area (TPSA) is 21.3 Å². The quantitative estimate of drug-likeness (QED) is 0.902. The molecule has 2 nitrogen and oxygen atoms in total. The van der Waals surface area contributed by atoms with Crippen LogP contribution in [0.4, 0.5) is 4.39 Å². The maximum absolute atomic E-state index is 14.2. The summed E-state index contributed by atoms with van der Waals surface area (Å²) < 4.78 is 19.2. The molecule has 19 heavy (non-hydrogen) atoms. The third-order valence-corrected chi connectivity index (χ3v) is 3.33. The van der Waals surface area contributed by atoms with Crippen LogP contribution in [0.25, 0.3) is 11.1 Å². The van der Waals surface area contributed by atoms with Crippen LogP contribution in [0.1, 0.15) is 18.5 Å². The van der Waals surface area contributed by atoms with Crippen molar-refractivity contribution in [2.75, 3.05) is 14.2 Å². The fourth-order valence-electron chi connectivity index (χ4n) is 2.12. The molecule has 0 heterocycles. The summed E-state index contributed by atoms with van der Waals surface area (Å²) in [5, 5.41) is 3.19. The van der Waals surface area contributed by atoms with Crippen LogP contribution in [-0.4, -0.2) is 14.2 Å². The van der Waals surface area contributed by atoms with Gasteiger partial charge in [-0.15, -0.1) is 0 Å². The molecule has 0 radical (unpaired) electrons. The molecule has 3 heteroatoms. The van der Waals surface area contributed by atoms with E-state index in [1.807, 2.05) is 31.3 Å². The van der Waals surface area contributed by atoms with Crippen LogP contribution in [0.5, 0.6) is 5.75 Å². The predicted molar refractivity (Wildman–Crippen MR) is 75.9 cm³/mol. The molecule has 2 aromatic carbocycles. The Morgan fingerprint density at radius 2 is 1.84 bits per heavy atom. The highest BCUT2D eigenvalue weighted by atomic mass is 19.1. The second kappa shape index (κ2) is 5.85. The second-order valence-corrected chi connectivity index (χ2v) is 4.44. The van der Waals surface area contributed by atoms with Crippen molar-refractivity contribution in [3.8, 4) is 16.9 Å². The Morgan fingerprint density at radius 1 is 1.11 bits per heavy atom. The number of halogens is 1. The van der Waals surface area contributed by atoms with Crippen molar-refractivity contribution in [3.63, 3.8) is 0 Å². The average Bonchev–Trinajstić information content (AvgIpc) is 2.46. The van der Waals surface area contributed by atoms with E-state index in [1.54, 1.807) is 12.1 Å². The Balaban J connectivity index is 2.53. The molecule has 100 valence electrons. The van der Waals surface area contributed by atoms with E-state index in [4.69, 9.17) is 4.74 Å². The van der Waals surface area contributed by atoms with E-state index in [0.29, 0.717) is 11.3 Å². The van der Waals surface area contributed by atoms with Gasteiger partial charge in [-0.2, -0.15) is 0 Å². The number of rotatable bonds is 4. The Hall–Kier alpha value is -1.87. The van der Waals surface area contributed by atoms with Crippen LogP contribution in [0.2, 0.25) is 0 Å². The van der Waals surface area contributed by atoms with Crippen LogP contribution in [0, 0.1) is 5.82 Å². The van der Waals surface area contributed by atoms with E-state index in [-0.39, 0.29) is 11.9 Å². The van der Waals surface area contributed by atoms with Gasteiger partial charge in [0.1, 0.15) is 11.6 Å². The number of ether oxygens (including phenoxy) is 1. The van der Waals surface area contributed by atoms with Gasteiger partial charge in [0, 0.05) is 17.7 Å². The van der Waals surface area contributed by atoms with Crippen LogP contribution in [0.3, 0.4) is 0 Å². The van der Waals surface area contributed by atoms with Crippen molar-refractivity contribution in [2.24, 2.45) is 0 Å². The molecule has 0 aliphatic carbocycles. The lowest BCUT2D eigenvalue weighted by Gasteiger charge is -2.16. The lowest BCUT2D eigenvalue weighted by molar-refractivity contribution is 0.411. The highest BCUT2D eigenvalue weighted by Crippen LogP contribution is 2.31. The van der Waals surface area contributed by atoms with Crippen molar-refractivity contribution in [1.82, 2.24) is 5.32 Å². The molecule has 0 fully saturated rings. The lowest BCUT2D eigenvalue weighted by atomic mass is 9.95. The molecule has 1 unspecified atom stereocenters. The van der Waals surface area contributed by atoms with Crippen molar-refractivity contribution in [2.45, 2.75) is 13.0 Å². The highest BCUT2D eigenvalue weighted by Gasteiger charge is 2.13. The van der Waals surface area contributed by atoms with Gasteiger partial charge in [-0.05, 0) is 37.2 Å². The second-order valence-electron chi connectivity index (χ2n) is 4.44. The molecule has 0 saturated carbocycles. The fourth-order valence-corrected chi connectivity index (χ4v) is 2.12. The maximum atomic E-state index is 14.2. The number of hydrogen-bond acceptors (Lipinski definition) is 2. The van der Waals surface area contributed by atoms with E-state index in [1.165, 1.54) is 13.2 Å². The van der Waals surface area contributed by atoms with Gasteiger partial charge in [-0.3, -0.25) is 0 Å². The summed E-state index contributed by atoms with van der Waals surface area (Å²) in [4.78, 5) is 0. The summed E-state index contributed by atoms with van der Waals surface area (Å²) in [6, 6.07) is 13.0. The summed E-state index contributed by atoms with van der Waals surface area (Å²) >= 11 is 0.